The third-order valence-corrected chi connectivity index (χ3v) is 2.44. The normalized spacial score (nSPS) is 14.9. The quantitative estimate of drug-likeness (QED) is 0.773. The minimum absolute atomic E-state index is 0.380. The van der Waals surface area contributed by atoms with Crippen LogP contribution in [0.4, 0.5) is 0 Å². The molecule has 15 heavy (non-hydrogen) atoms. The van der Waals surface area contributed by atoms with Crippen LogP contribution in [0.3, 0.4) is 0 Å². The van der Waals surface area contributed by atoms with E-state index in [1.807, 2.05) is 37.3 Å². The van der Waals surface area contributed by atoms with E-state index < -0.39 is 0 Å². The molecule has 1 aromatic rings. The van der Waals surface area contributed by atoms with Crippen molar-refractivity contribution in [3.63, 3.8) is 0 Å². The Hall–Kier alpha value is -0.900. The van der Waals surface area contributed by atoms with Gasteiger partial charge in [0.05, 0.1) is 13.2 Å². The van der Waals surface area contributed by atoms with Gasteiger partial charge < -0.3 is 15.2 Å². The highest BCUT2D eigenvalue weighted by molar-refractivity contribution is 5.13. The fraction of sp³-hybridized carbons (Fsp3) is 0.500. The van der Waals surface area contributed by atoms with Crippen LogP contribution in [0, 0.1) is 0 Å². The second-order valence-electron chi connectivity index (χ2n) is 3.84. The summed E-state index contributed by atoms with van der Waals surface area (Å²) >= 11 is 0. The largest absolute Gasteiger partial charge is 0.375 e. The molecule has 0 saturated heterocycles. The second-order valence-corrected chi connectivity index (χ2v) is 3.84. The Morgan fingerprint density at radius 2 is 1.93 bits per heavy atom. The van der Waals surface area contributed by atoms with Gasteiger partial charge in [-0.15, -0.1) is 0 Å². The van der Waals surface area contributed by atoms with E-state index in [0.29, 0.717) is 19.8 Å². The predicted octanol–water partition coefficient (Wildman–Crippen LogP) is 1.57. The molecule has 2 N–H and O–H groups in total. The number of hydrogen-bond acceptors (Lipinski definition) is 3. The van der Waals surface area contributed by atoms with Gasteiger partial charge in [-0.25, -0.2) is 0 Å². The van der Waals surface area contributed by atoms with E-state index >= 15 is 0 Å². The molecule has 3 nitrogen and oxygen atoms in total. The van der Waals surface area contributed by atoms with E-state index in [1.165, 1.54) is 0 Å². The summed E-state index contributed by atoms with van der Waals surface area (Å²) in [7, 11) is 1.65. The summed E-state index contributed by atoms with van der Waals surface area (Å²) in [5.41, 5.74) is 6.37. The zero-order valence-electron chi connectivity index (χ0n) is 9.40. The third kappa shape index (κ3) is 4.00. The summed E-state index contributed by atoms with van der Waals surface area (Å²) in [5.74, 6) is 0. The van der Waals surface area contributed by atoms with Crippen molar-refractivity contribution in [1.82, 2.24) is 0 Å². The first-order valence-corrected chi connectivity index (χ1v) is 5.07. The van der Waals surface area contributed by atoms with Crippen molar-refractivity contribution in [2.45, 2.75) is 19.1 Å². The van der Waals surface area contributed by atoms with E-state index in [1.54, 1.807) is 7.11 Å². The molecule has 0 radical (unpaired) electrons. The first kappa shape index (κ1) is 12.2. The molecule has 1 aromatic carbocycles. The van der Waals surface area contributed by atoms with Crippen molar-refractivity contribution < 1.29 is 9.47 Å². The van der Waals surface area contributed by atoms with Gasteiger partial charge in [0.25, 0.3) is 0 Å². The molecule has 0 fully saturated rings. The molecule has 0 saturated carbocycles. The molecule has 0 amide bonds. The molecular weight excluding hydrogens is 190 g/mol. The smallest absolute Gasteiger partial charge is 0.100 e. The van der Waals surface area contributed by atoms with Gasteiger partial charge in [-0.3, -0.25) is 0 Å². The summed E-state index contributed by atoms with van der Waals surface area (Å²) in [4.78, 5) is 0. The van der Waals surface area contributed by atoms with Gasteiger partial charge in [0.15, 0.2) is 0 Å². The van der Waals surface area contributed by atoms with Gasteiger partial charge in [0, 0.05) is 13.7 Å². The van der Waals surface area contributed by atoms with Crippen molar-refractivity contribution >= 4 is 0 Å². The molecule has 0 bridgehead atoms. The van der Waals surface area contributed by atoms with E-state index in [2.05, 4.69) is 0 Å². The van der Waals surface area contributed by atoms with Gasteiger partial charge in [0.1, 0.15) is 5.60 Å². The van der Waals surface area contributed by atoms with Crippen LogP contribution in [-0.2, 0) is 16.1 Å². The first-order valence-electron chi connectivity index (χ1n) is 5.07. The number of nitrogens with two attached hydrogens (primary N) is 1. The monoisotopic (exact) mass is 209 g/mol. The Bertz CT molecular complexity index is 270. The molecule has 0 heterocycles. The average Bonchev–Trinajstić information content (AvgIpc) is 2.30. The molecule has 0 aliphatic rings. The standard InChI is InChI=1S/C12H19NO2/c1-12(9-13,14-2)10-15-8-11-6-4-3-5-7-11/h3-7H,8-10,13H2,1-2H3/t12-/m1/s1. The Balaban J connectivity index is 2.33. The van der Waals surface area contributed by atoms with Gasteiger partial charge >= 0.3 is 0 Å². The number of benzene rings is 1. The second kappa shape index (κ2) is 5.85. The predicted molar refractivity (Wildman–Crippen MR) is 60.6 cm³/mol. The topological polar surface area (TPSA) is 44.5 Å². The summed E-state index contributed by atoms with van der Waals surface area (Å²) in [6, 6.07) is 10.1. The van der Waals surface area contributed by atoms with Crippen LogP contribution >= 0.6 is 0 Å². The summed E-state index contributed by atoms with van der Waals surface area (Å²) in [6.07, 6.45) is 0. The van der Waals surface area contributed by atoms with Crippen molar-refractivity contribution in [2.75, 3.05) is 20.3 Å². The molecule has 0 aliphatic carbocycles. The lowest BCUT2D eigenvalue weighted by Crippen LogP contribution is -2.41. The Morgan fingerprint density at radius 1 is 1.27 bits per heavy atom. The SMILES string of the molecule is CO[C@](C)(CN)COCc1ccccc1. The van der Waals surface area contributed by atoms with Gasteiger partial charge in [-0.1, -0.05) is 30.3 Å². The van der Waals surface area contributed by atoms with Gasteiger partial charge in [-0.2, -0.15) is 0 Å². The van der Waals surface area contributed by atoms with E-state index in [4.69, 9.17) is 15.2 Å². The highest BCUT2D eigenvalue weighted by Gasteiger charge is 2.21. The Morgan fingerprint density at radius 3 is 2.47 bits per heavy atom. The minimum atomic E-state index is -0.380. The molecule has 0 aromatic heterocycles. The number of rotatable bonds is 6. The molecule has 1 atom stereocenters. The highest BCUT2D eigenvalue weighted by atomic mass is 16.5. The maximum absolute atomic E-state index is 5.59. The van der Waals surface area contributed by atoms with E-state index in [0.717, 1.165) is 5.56 Å². The highest BCUT2D eigenvalue weighted by Crippen LogP contribution is 2.09. The number of ether oxygens (including phenoxy) is 2. The average molecular weight is 209 g/mol. The lowest BCUT2D eigenvalue weighted by molar-refractivity contribution is -0.0613. The van der Waals surface area contributed by atoms with Crippen LogP contribution in [0.15, 0.2) is 30.3 Å². The fourth-order valence-corrected chi connectivity index (χ4v) is 1.16. The van der Waals surface area contributed by atoms with E-state index in [9.17, 15) is 0 Å². The molecule has 1 rings (SSSR count). The maximum atomic E-state index is 5.59. The first-order chi connectivity index (χ1) is 7.20. The molecule has 84 valence electrons. The zero-order chi connectivity index (χ0) is 11.1. The van der Waals surface area contributed by atoms with E-state index in [-0.39, 0.29) is 5.60 Å². The third-order valence-electron chi connectivity index (χ3n) is 2.44. The van der Waals surface area contributed by atoms with Crippen LogP contribution in [0.1, 0.15) is 12.5 Å². The Kier molecular flexibility index (Phi) is 4.75. The molecule has 0 spiro atoms. The van der Waals surface area contributed by atoms with Gasteiger partial charge in [-0.05, 0) is 12.5 Å². The van der Waals surface area contributed by atoms with Crippen LogP contribution < -0.4 is 5.73 Å². The zero-order valence-corrected chi connectivity index (χ0v) is 9.40. The lowest BCUT2D eigenvalue weighted by Gasteiger charge is -2.25. The Labute approximate surface area is 91.2 Å². The molecule has 3 heteroatoms. The van der Waals surface area contributed by atoms with Crippen LogP contribution in [-0.4, -0.2) is 25.9 Å². The number of hydrogen-bond donors (Lipinski definition) is 1. The number of methoxy groups -OCH3 is 1. The fourth-order valence-electron chi connectivity index (χ4n) is 1.16. The molecule has 0 aliphatic heterocycles. The summed E-state index contributed by atoms with van der Waals surface area (Å²) in [5, 5.41) is 0. The summed E-state index contributed by atoms with van der Waals surface area (Å²) < 4.78 is 10.8. The van der Waals surface area contributed by atoms with Crippen molar-refractivity contribution in [2.24, 2.45) is 5.73 Å². The van der Waals surface area contributed by atoms with Crippen molar-refractivity contribution in [3.8, 4) is 0 Å². The minimum Gasteiger partial charge on any atom is -0.375 e. The molecule has 0 unspecified atom stereocenters. The van der Waals surface area contributed by atoms with Crippen LogP contribution in [0.5, 0.6) is 0 Å². The van der Waals surface area contributed by atoms with Crippen molar-refractivity contribution in [3.05, 3.63) is 35.9 Å². The molecular formula is C12H19NO2. The van der Waals surface area contributed by atoms with Crippen molar-refractivity contribution in [1.29, 1.82) is 0 Å². The van der Waals surface area contributed by atoms with Crippen LogP contribution in [0.25, 0.3) is 0 Å². The lowest BCUT2D eigenvalue weighted by atomic mass is 10.1. The summed E-state index contributed by atoms with van der Waals surface area (Å²) in [6.45, 7) is 3.50. The van der Waals surface area contributed by atoms with Crippen LogP contribution in [0.2, 0.25) is 0 Å². The van der Waals surface area contributed by atoms with Gasteiger partial charge in [0.2, 0.25) is 0 Å². The maximum Gasteiger partial charge on any atom is 0.100 e.